The fourth-order valence-electron chi connectivity index (χ4n) is 5.94. The van der Waals surface area contributed by atoms with Gasteiger partial charge in [-0.15, -0.1) is 0 Å². The minimum Gasteiger partial charge on any atom is -0.496 e. The van der Waals surface area contributed by atoms with E-state index in [1.807, 2.05) is 20.3 Å². The summed E-state index contributed by atoms with van der Waals surface area (Å²) in [5, 5.41) is 5.30. The Kier molecular flexibility index (Phi) is 11.1. The standard InChI is InChI=1S/C23H26OP2.C12H13O5P/c1-20(19-25(2,3)24)26(21-13-7-4-8-14-21,22-15-9-5-10-16-22)23-17-11-6-12-18-23;1-6-8-5-16-12(14)9(8)11(17-18)7(3-4-13)10(6)15-2/h4-18H,19H2,1-3H3;4H,3,5,18H2,1-2H3. The van der Waals surface area contributed by atoms with Gasteiger partial charge in [0, 0.05) is 23.7 Å². The highest BCUT2D eigenvalue weighted by atomic mass is 31.2. The van der Waals surface area contributed by atoms with Crippen molar-refractivity contribution < 1.29 is 28.2 Å². The van der Waals surface area contributed by atoms with Crippen LogP contribution < -0.4 is 25.2 Å². The first kappa shape index (κ1) is 33.5. The second kappa shape index (κ2) is 14.6. The summed E-state index contributed by atoms with van der Waals surface area (Å²) in [5.74, 6) is 0.476. The number of carbonyl (C=O) groups excluding carboxylic acids is 2. The third-order valence-corrected chi connectivity index (χ3v) is 13.9. The number of cyclic esters (lactones) is 1. The lowest BCUT2D eigenvalue weighted by Gasteiger charge is -2.32. The van der Waals surface area contributed by atoms with Gasteiger partial charge in [-0.3, -0.25) is 0 Å². The van der Waals surface area contributed by atoms with Gasteiger partial charge in [-0.05, 0) is 55.5 Å². The molecule has 0 saturated carbocycles. The van der Waals surface area contributed by atoms with E-state index in [4.69, 9.17) is 14.0 Å². The van der Waals surface area contributed by atoms with Gasteiger partial charge in [0.25, 0.3) is 0 Å². The summed E-state index contributed by atoms with van der Waals surface area (Å²) in [4.78, 5) is 22.5. The molecule has 0 N–H and O–H groups in total. The zero-order valence-corrected chi connectivity index (χ0v) is 28.7. The van der Waals surface area contributed by atoms with Crippen molar-refractivity contribution in [1.82, 2.24) is 0 Å². The van der Waals surface area contributed by atoms with Crippen molar-refractivity contribution in [3.63, 3.8) is 0 Å². The van der Waals surface area contributed by atoms with Crippen LogP contribution in [0.25, 0.3) is 0 Å². The highest BCUT2D eigenvalue weighted by Gasteiger charge is 2.33. The SMILES string of the molecule is CC(CP(C)(C)=O)=P(c1ccccc1)(c1ccccc1)c1ccccc1.COc1c(C)c2c(c(OP)c1CC=O)C(=O)OC2. The van der Waals surface area contributed by atoms with Crippen LogP contribution in [0.5, 0.6) is 11.5 Å². The Bertz CT molecular complexity index is 1630. The summed E-state index contributed by atoms with van der Waals surface area (Å²) < 4.78 is 28.3. The number of esters is 1. The molecule has 1 aliphatic rings. The smallest absolute Gasteiger partial charge is 0.342 e. The van der Waals surface area contributed by atoms with Crippen molar-refractivity contribution >= 4 is 57.0 Å². The normalized spacial score (nSPS) is 12.4. The molecular formula is C35H39O6P3. The topological polar surface area (TPSA) is 78.9 Å². The van der Waals surface area contributed by atoms with Crippen LogP contribution >= 0.6 is 23.5 Å². The van der Waals surface area contributed by atoms with E-state index >= 15 is 0 Å². The Morgan fingerprint density at radius 1 is 0.886 bits per heavy atom. The van der Waals surface area contributed by atoms with Gasteiger partial charge in [0.05, 0.1) is 23.7 Å². The maximum absolute atomic E-state index is 12.8. The van der Waals surface area contributed by atoms with E-state index in [0.717, 1.165) is 17.4 Å². The highest BCUT2D eigenvalue weighted by Crippen LogP contribution is 2.49. The van der Waals surface area contributed by atoms with E-state index in [9.17, 15) is 14.2 Å². The molecule has 230 valence electrons. The number of benzene rings is 4. The molecule has 1 unspecified atom stereocenters. The molecule has 1 atom stereocenters. The number of ether oxygens (including phenoxy) is 2. The predicted octanol–water partition coefficient (Wildman–Crippen LogP) is 6.38. The molecule has 1 aliphatic heterocycles. The van der Waals surface area contributed by atoms with Crippen molar-refractivity contribution in [3.8, 4) is 11.5 Å². The zero-order chi connectivity index (χ0) is 31.9. The number of fused-ring (bicyclic) bond motifs is 1. The van der Waals surface area contributed by atoms with Gasteiger partial charge in [-0.25, -0.2) is 4.79 Å². The molecule has 6 nitrogen and oxygen atoms in total. The fraction of sp³-hybridized carbons (Fsp3) is 0.229. The van der Waals surface area contributed by atoms with E-state index in [-0.39, 0.29) is 13.0 Å². The fourth-order valence-corrected chi connectivity index (χ4v) is 13.3. The minimum absolute atomic E-state index is 0.119. The molecule has 5 rings (SSSR count). The average molecular weight is 649 g/mol. The highest BCUT2D eigenvalue weighted by molar-refractivity contribution is 7.96. The van der Waals surface area contributed by atoms with Crippen LogP contribution in [0, 0.1) is 6.92 Å². The third kappa shape index (κ3) is 6.79. The van der Waals surface area contributed by atoms with E-state index in [2.05, 4.69) is 107 Å². The maximum Gasteiger partial charge on any atom is 0.342 e. The van der Waals surface area contributed by atoms with Crippen LogP contribution in [-0.2, 0) is 27.1 Å². The van der Waals surface area contributed by atoms with Crippen molar-refractivity contribution in [2.75, 3.05) is 26.6 Å². The lowest BCUT2D eigenvalue weighted by atomic mass is 9.96. The molecule has 0 saturated heterocycles. The number of carbonyl (C=O) groups is 2. The summed E-state index contributed by atoms with van der Waals surface area (Å²) in [6.07, 6.45) is 1.53. The second-order valence-corrected chi connectivity index (χ2v) is 18.4. The Morgan fingerprint density at radius 2 is 1.36 bits per heavy atom. The van der Waals surface area contributed by atoms with Gasteiger partial charge >= 0.3 is 5.97 Å². The van der Waals surface area contributed by atoms with E-state index in [1.165, 1.54) is 28.3 Å². The molecule has 1 heterocycles. The van der Waals surface area contributed by atoms with Gasteiger partial charge in [0.1, 0.15) is 30.0 Å². The molecule has 0 amide bonds. The first-order chi connectivity index (χ1) is 21.1. The Labute approximate surface area is 262 Å². The van der Waals surface area contributed by atoms with E-state index in [1.54, 1.807) is 0 Å². The lowest BCUT2D eigenvalue weighted by molar-refractivity contribution is -0.107. The van der Waals surface area contributed by atoms with Crippen molar-refractivity contribution in [3.05, 3.63) is 113 Å². The lowest BCUT2D eigenvalue weighted by Crippen LogP contribution is -2.30. The molecule has 0 radical (unpaired) electrons. The monoisotopic (exact) mass is 648 g/mol. The van der Waals surface area contributed by atoms with Gasteiger partial charge in [0.15, 0.2) is 0 Å². The van der Waals surface area contributed by atoms with Crippen LogP contribution in [0.3, 0.4) is 0 Å². The van der Waals surface area contributed by atoms with Gasteiger partial charge in [-0.2, -0.15) is 0 Å². The summed E-state index contributed by atoms with van der Waals surface area (Å²) in [6.45, 7) is 6.04. The summed E-state index contributed by atoms with van der Waals surface area (Å²) in [5.41, 5.74) is 2.52. The molecule has 0 fully saturated rings. The van der Waals surface area contributed by atoms with Crippen molar-refractivity contribution in [2.24, 2.45) is 0 Å². The number of hydrogen-bond donors (Lipinski definition) is 0. The molecule has 9 heteroatoms. The van der Waals surface area contributed by atoms with Crippen LogP contribution in [0.2, 0.25) is 0 Å². The van der Waals surface area contributed by atoms with Gasteiger partial charge in [0.2, 0.25) is 0 Å². The average Bonchev–Trinajstić information content (AvgIpc) is 3.41. The van der Waals surface area contributed by atoms with Crippen LogP contribution in [0.15, 0.2) is 91.0 Å². The molecule has 44 heavy (non-hydrogen) atoms. The molecule has 0 aliphatic carbocycles. The Morgan fingerprint density at radius 3 is 1.75 bits per heavy atom. The van der Waals surface area contributed by atoms with Crippen LogP contribution in [0.4, 0.5) is 0 Å². The summed E-state index contributed by atoms with van der Waals surface area (Å²) in [7, 11) is 1.42. The van der Waals surface area contributed by atoms with Crippen molar-refractivity contribution in [2.45, 2.75) is 26.9 Å². The molecule has 0 aromatic heterocycles. The first-order valence-corrected chi connectivity index (χ1v) is 19.3. The number of rotatable bonds is 9. The summed E-state index contributed by atoms with van der Waals surface area (Å²) >= 11 is 0. The van der Waals surface area contributed by atoms with E-state index < -0.39 is 20.0 Å². The minimum atomic E-state index is -2.19. The maximum atomic E-state index is 12.8. The molecule has 4 aromatic rings. The molecule has 4 aromatic carbocycles. The van der Waals surface area contributed by atoms with Gasteiger partial charge in [-0.1, -0.05) is 96.3 Å². The molecule has 0 bridgehead atoms. The number of methoxy groups -OCH3 is 1. The molecule has 0 spiro atoms. The third-order valence-electron chi connectivity index (χ3n) is 7.64. The van der Waals surface area contributed by atoms with Crippen LogP contribution in [0.1, 0.15) is 34.0 Å². The number of aldehydes is 1. The Balaban J connectivity index is 0.000000215. The summed E-state index contributed by atoms with van der Waals surface area (Å²) in [6, 6.07) is 32.2. The largest absolute Gasteiger partial charge is 0.496 e. The predicted molar refractivity (Wildman–Crippen MR) is 187 cm³/mol. The molecular weight excluding hydrogens is 609 g/mol. The van der Waals surface area contributed by atoms with Crippen LogP contribution in [-0.4, -0.2) is 44.2 Å². The van der Waals surface area contributed by atoms with Gasteiger partial charge < -0.3 is 23.4 Å². The quantitative estimate of drug-likeness (QED) is 0.119. The first-order valence-electron chi connectivity index (χ1n) is 14.2. The van der Waals surface area contributed by atoms with E-state index in [0.29, 0.717) is 28.8 Å². The second-order valence-electron chi connectivity index (χ2n) is 11.0. The number of hydrogen-bond acceptors (Lipinski definition) is 6. The Hall–Kier alpha value is -3.42. The zero-order valence-electron chi connectivity index (χ0n) is 25.8. The van der Waals surface area contributed by atoms with Crippen molar-refractivity contribution in [1.29, 1.82) is 0 Å².